The molecule has 0 fully saturated rings. The van der Waals surface area contributed by atoms with Crippen LogP contribution in [0.1, 0.15) is 22.8 Å². The zero-order chi connectivity index (χ0) is 13.2. The highest BCUT2D eigenvalue weighted by Gasteiger charge is 2.16. The smallest absolute Gasteiger partial charge is 0.139 e. The third-order valence-corrected chi connectivity index (χ3v) is 4.64. The molecule has 0 spiro atoms. The van der Waals surface area contributed by atoms with E-state index in [9.17, 15) is 0 Å². The summed E-state index contributed by atoms with van der Waals surface area (Å²) in [7, 11) is 0. The van der Waals surface area contributed by atoms with Crippen LogP contribution in [0.4, 0.5) is 0 Å². The zero-order valence-corrected chi connectivity index (χ0v) is 12.2. The molecule has 2 aromatic rings. The summed E-state index contributed by atoms with van der Waals surface area (Å²) in [5.41, 5.74) is 3.48. The zero-order valence-electron chi connectivity index (χ0n) is 10.6. The minimum Gasteiger partial charge on any atom is -0.307 e. The Morgan fingerprint density at radius 1 is 1.26 bits per heavy atom. The summed E-state index contributed by atoms with van der Waals surface area (Å²) < 4.78 is 0. The molecule has 98 valence electrons. The minimum absolute atomic E-state index is 0.748. The van der Waals surface area contributed by atoms with Crippen molar-refractivity contribution < 1.29 is 0 Å². The number of aromatic nitrogens is 2. The summed E-state index contributed by atoms with van der Waals surface area (Å²) in [5, 5.41) is 4.09. The van der Waals surface area contributed by atoms with Crippen molar-refractivity contribution in [3.8, 4) is 0 Å². The van der Waals surface area contributed by atoms with Crippen LogP contribution in [-0.4, -0.2) is 9.97 Å². The van der Waals surface area contributed by atoms with Crippen LogP contribution in [0.3, 0.4) is 0 Å². The summed E-state index contributed by atoms with van der Waals surface area (Å²) in [5.74, 6) is 1.63. The van der Waals surface area contributed by atoms with Crippen LogP contribution in [0.25, 0.3) is 0 Å². The predicted octanol–water partition coefficient (Wildman–Crippen LogP) is 3.33. The predicted molar refractivity (Wildman–Crippen MR) is 78.3 cm³/mol. The van der Waals surface area contributed by atoms with E-state index in [0.29, 0.717) is 0 Å². The van der Waals surface area contributed by atoms with E-state index >= 15 is 0 Å². The topological polar surface area (TPSA) is 37.8 Å². The Hall–Kier alpha value is -1.10. The lowest BCUT2D eigenvalue weighted by Crippen LogP contribution is -2.02. The molecular weight excluding hydrogens is 278 g/mol. The van der Waals surface area contributed by atoms with Gasteiger partial charge in [-0.3, -0.25) is 0 Å². The normalized spacial score (nSPS) is 13.6. The molecule has 2 heterocycles. The van der Waals surface area contributed by atoms with Crippen LogP contribution in [0.15, 0.2) is 29.2 Å². The maximum atomic E-state index is 6.14. The summed E-state index contributed by atoms with van der Waals surface area (Å²) in [6.07, 6.45) is 0. The van der Waals surface area contributed by atoms with Crippen LogP contribution in [0.2, 0.25) is 5.02 Å². The molecular formula is C14H14ClN3S. The van der Waals surface area contributed by atoms with Gasteiger partial charge in [-0.1, -0.05) is 23.7 Å². The third-order valence-electron chi connectivity index (χ3n) is 3.13. The number of aryl methyl sites for hydroxylation is 1. The van der Waals surface area contributed by atoms with E-state index in [1.54, 1.807) is 11.8 Å². The molecule has 1 aliphatic heterocycles. The summed E-state index contributed by atoms with van der Waals surface area (Å²) in [6.45, 7) is 3.79. The van der Waals surface area contributed by atoms with Gasteiger partial charge in [0.05, 0.1) is 16.5 Å². The molecule has 1 aromatic heterocycles. The Morgan fingerprint density at radius 3 is 2.95 bits per heavy atom. The second-order valence-corrected chi connectivity index (χ2v) is 5.90. The first kappa shape index (κ1) is 12.9. The first-order valence-corrected chi connectivity index (χ1v) is 7.53. The fourth-order valence-corrected chi connectivity index (χ4v) is 3.26. The fourth-order valence-electron chi connectivity index (χ4n) is 2.17. The Labute approximate surface area is 121 Å². The van der Waals surface area contributed by atoms with Crippen molar-refractivity contribution in [3.63, 3.8) is 0 Å². The maximum Gasteiger partial charge on any atom is 0.139 e. The maximum absolute atomic E-state index is 6.14. The molecule has 0 amide bonds. The second kappa shape index (κ2) is 5.49. The number of hydrogen-bond donors (Lipinski definition) is 1. The van der Waals surface area contributed by atoms with Crippen molar-refractivity contribution >= 4 is 23.4 Å². The number of rotatable bonds is 3. The second-order valence-electron chi connectivity index (χ2n) is 4.47. The van der Waals surface area contributed by atoms with Gasteiger partial charge in [-0.15, -0.1) is 11.8 Å². The van der Waals surface area contributed by atoms with Gasteiger partial charge in [0.15, 0.2) is 0 Å². The van der Waals surface area contributed by atoms with E-state index in [1.165, 1.54) is 5.56 Å². The van der Waals surface area contributed by atoms with Crippen LogP contribution < -0.4 is 5.32 Å². The quantitative estimate of drug-likeness (QED) is 0.880. The molecule has 0 aliphatic carbocycles. The molecule has 0 saturated carbocycles. The number of halogens is 1. The Balaban J connectivity index is 1.78. The molecule has 1 aliphatic rings. The molecule has 0 atom stereocenters. The highest BCUT2D eigenvalue weighted by molar-refractivity contribution is 7.98. The Kier molecular flexibility index (Phi) is 3.73. The molecule has 3 nitrogen and oxygen atoms in total. The fraction of sp³-hybridized carbons (Fsp3) is 0.286. The highest BCUT2D eigenvalue weighted by atomic mass is 35.5. The average molecular weight is 292 g/mol. The molecule has 0 saturated heterocycles. The number of thioether (sulfide) groups is 1. The van der Waals surface area contributed by atoms with Crippen molar-refractivity contribution in [1.29, 1.82) is 0 Å². The molecule has 1 aromatic carbocycles. The van der Waals surface area contributed by atoms with Gasteiger partial charge < -0.3 is 5.32 Å². The first-order chi connectivity index (χ1) is 9.24. The van der Waals surface area contributed by atoms with Crippen molar-refractivity contribution in [1.82, 2.24) is 15.3 Å². The lowest BCUT2D eigenvalue weighted by atomic mass is 10.2. The third kappa shape index (κ3) is 2.76. The average Bonchev–Trinajstić information content (AvgIpc) is 2.87. The van der Waals surface area contributed by atoms with Crippen molar-refractivity contribution in [3.05, 3.63) is 52.1 Å². The number of hydrogen-bond acceptors (Lipinski definition) is 4. The first-order valence-electron chi connectivity index (χ1n) is 6.17. The SMILES string of the molecule is Cc1nc(CSc2ccccc2Cl)nc2c1CNC2. The molecule has 5 heteroatoms. The van der Waals surface area contributed by atoms with E-state index in [1.807, 2.05) is 24.3 Å². The van der Waals surface area contributed by atoms with Gasteiger partial charge in [-0.05, 0) is 19.1 Å². The van der Waals surface area contributed by atoms with E-state index in [0.717, 1.165) is 46.0 Å². The molecule has 3 rings (SSSR count). The number of benzene rings is 1. The van der Waals surface area contributed by atoms with Crippen LogP contribution >= 0.6 is 23.4 Å². The van der Waals surface area contributed by atoms with Gasteiger partial charge >= 0.3 is 0 Å². The molecule has 0 unspecified atom stereocenters. The van der Waals surface area contributed by atoms with Crippen LogP contribution in [0.5, 0.6) is 0 Å². The van der Waals surface area contributed by atoms with Gasteiger partial charge in [-0.2, -0.15) is 0 Å². The van der Waals surface area contributed by atoms with Crippen LogP contribution in [0, 0.1) is 6.92 Å². The number of fused-ring (bicyclic) bond motifs is 1. The number of nitrogens with zero attached hydrogens (tertiary/aromatic N) is 2. The summed E-state index contributed by atoms with van der Waals surface area (Å²) in [4.78, 5) is 10.3. The van der Waals surface area contributed by atoms with Gasteiger partial charge in [0.1, 0.15) is 5.82 Å². The summed E-state index contributed by atoms with van der Waals surface area (Å²) in [6, 6.07) is 7.86. The minimum atomic E-state index is 0.748. The van der Waals surface area contributed by atoms with E-state index < -0.39 is 0 Å². The van der Waals surface area contributed by atoms with E-state index in [4.69, 9.17) is 11.6 Å². The van der Waals surface area contributed by atoms with E-state index in [-0.39, 0.29) is 0 Å². The molecule has 1 N–H and O–H groups in total. The van der Waals surface area contributed by atoms with Gasteiger partial charge in [0, 0.05) is 29.2 Å². The highest BCUT2D eigenvalue weighted by Crippen LogP contribution is 2.29. The van der Waals surface area contributed by atoms with E-state index in [2.05, 4.69) is 22.2 Å². The van der Waals surface area contributed by atoms with Gasteiger partial charge in [-0.25, -0.2) is 9.97 Å². The van der Waals surface area contributed by atoms with Gasteiger partial charge in [0.2, 0.25) is 0 Å². The Morgan fingerprint density at radius 2 is 2.11 bits per heavy atom. The lowest BCUT2D eigenvalue weighted by Gasteiger charge is -2.07. The Bertz CT molecular complexity index is 616. The van der Waals surface area contributed by atoms with Crippen molar-refractivity contribution in [2.45, 2.75) is 30.7 Å². The van der Waals surface area contributed by atoms with Gasteiger partial charge in [0.25, 0.3) is 0 Å². The molecule has 0 radical (unpaired) electrons. The largest absolute Gasteiger partial charge is 0.307 e. The lowest BCUT2D eigenvalue weighted by molar-refractivity contribution is 0.756. The van der Waals surface area contributed by atoms with Crippen molar-refractivity contribution in [2.75, 3.05) is 0 Å². The summed E-state index contributed by atoms with van der Waals surface area (Å²) >= 11 is 7.82. The molecule has 19 heavy (non-hydrogen) atoms. The van der Waals surface area contributed by atoms with Crippen molar-refractivity contribution in [2.24, 2.45) is 0 Å². The monoisotopic (exact) mass is 291 g/mol. The number of nitrogens with one attached hydrogen (secondary N) is 1. The molecule has 0 bridgehead atoms. The van der Waals surface area contributed by atoms with Crippen LogP contribution in [-0.2, 0) is 18.8 Å². The standard InChI is InChI=1S/C14H14ClN3S/c1-9-10-6-16-7-12(10)18-14(17-9)8-19-13-5-3-2-4-11(13)15/h2-5,16H,6-8H2,1H3.